The molecular weight excluding hydrogens is 364 g/mol. The third kappa shape index (κ3) is 4.20. The van der Waals surface area contributed by atoms with Gasteiger partial charge in [0.05, 0.1) is 12.6 Å². The van der Waals surface area contributed by atoms with E-state index in [-0.39, 0.29) is 18.2 Å². The number of hydrogen-bond acceptors (Lipinski definition) is 4. The van der Waals surface area contributed by atoms with Gasteiger partial charge >= 0.3 is 0 Å². The number of fused-ring (bicyclic) bond motifs is 1. The number of para-hydroxylation sites is 1. The number of nitrogens with zero attached hydrogens (tertiary/aromatic N) is 2. The van der Waals surface area contributed by atoms with Gasteiger partial charge in [0.15, 0.2) is 5.76 Å². The van der Waals surface area contributed by atoms with E-state index in [4.69, 9.17) is 4.42 Å². The summed E-state index contributed by atoms with van der Waals surface area (Å²) in [6.45, 7) is 2.45. The lowest BCUT2D eigenvalue weighted by Crippen LogP contribution is -2.34. The molecule has 0 aliphatic carbocycles. The molecule has 0 aliphatic rings. The van der Waals surface area contributed by atoms with Crippen molar-refractivity contribution in [2.24, 2.45) is 0 Å². The van der Waals surface area contributed by atoms with Gasteiger partial charge in [0.1, 0.15) is 5.58 Å². The molecule has 5 nitrogen and oxygen atoms in total. The maximum Gasteiger partial charge on any atom is 0.290 e. The molecule has 4 aromatic rings. The third-order valence-corrected chi connectivity index (χ3v) is 4.94. The monoisotopic (exact) mass is 386 g/mol. The topological polar surface area (TPSA) is 66.6 Å². The number of carbonyl (C=O) groups is 1. The quantitative estimate of drug-likeness (QED) is 0.529. The Labute approximate surface area is 169 Å². The number of aromatic nitrogens is 1. The summed E-state index contributed by atoms with van der Waals surface area (Å²) in [6, 6.07) is 20.6. The van der Waals surface area contributed by atoms with Gasteiger partial charge in [0, 0.05) is 24.3 Å². The number of rotatable bonds is 6. The highest BCUT2D eigenvalue weighted by molar-refractivity contribution is 5.96. The Hall–Kier alpha value is -3.44. The fourth-order valence-electron chi connectivity index (χ4n) is 3.39. The molecule has 0 fully saturated rings. The molecule has 0 bridgehead atoms. The Morgan fingerprint density at radius 1 is 1.07 bits per heavy atom. The van der Waals surface area contributed by atoms with Gasteiger partial charge in [-0.15, -0.1) is 0 Å². The maximum atomic E-state index is 13.3. The van der Waals surface area contributed by atoms with Gasteiger partial charge in [0.2, 0.25) is 0 Å². The number of aliphatic hydroxyl groups is 1. The number of aliphatic hydroxyl groups excluding tert-OH is 1. The van der Waals surface area contributed by atoms with Gasteiger partial charge in [-0.05, 0) is 41.8 Å². The second-order valence-electron chi connectivity index (χ2n) is 7.07. The number of amides is 1. The lowest BCUT2D eigenvalue weighted by molar-refractivity contribution is 0.0576. The maximum absolute atomic E-state index is 13.3. The van der Waals surface area contributed by atoms with Gasteiger partial charge < -0.3 is 14.4 Å². The number of carbonyl (C=O) groups excluding carboxylic acids is 1. The molecule has 5 heteroatoms. The summed E-state index contributed by atoms with van der Waals surface area (Å²) in [6.07, 6.45) is 2.58. The number of aryl methyl sites for hydroxylation is 1. The predicted molar refractivity (Wildman–Crippen MR) is 111 cm³/mol. The Morgan fingerprint density at radius 3 is 2.55 bits per heavy atom. The molecule has 1 unspecified atom stereocenters. The second kappa shape index (κ2) is 8.29. The highest BCUT2D eigenvalue weighted by atomic mass is 16.3. The van der Waals surface area contributed by atoms with E-state index < -0.39 is 6.10 Å². The molecule has 0 saturated carbocycles. The Balaban J connectivity index is 1.64. The van der Waals surface area contributed by atoms with Gasteiger partial charge in [0.25, 0.3) is 5.91 Å². The van der Waals surface area contributed by atoms with Gasteiger partial charge in [-0.3, -0.25) is 9.78 Å². The minimum absolute atomic E-state index is 0.154. The van der Waals surface area contributed by atoms with E-state index in [0.717, 1.165) is 22.1 Å². The first-order chi connectivity index (χ1) is 14.1. The van der Waals surface area contributed by atoms with Crippen LogP contribution in [-0.4, -0.2) is 27.4 Å². The predicted octanol–water partition coefficient (Wildman–Crippen LogP) is 4.51. The summed E-state index contributed by atoms with van der Waals surface area (Å²) < 4.78 is 5.88. The van der Waals surface area contributed by atoms with Crippen LogP contribution in [0.25, 0.3) is 11.0 Å². The van der Waals surface area contributed by atoms with Crippen molar-refractivity contribution in [1.29, 1.82) is 0 Å². The number of furan rings is 1. The van der Waals surface area contributed by atoms with E-state index in [2.05, 4.69) is 4.98 Å². The number of pyridine rings is 1. The molecule has 2 aromatic heterocycles. The van der Waals surface area contributed by atoms with E-state index in [0.29, 0.717) is 12.1 Å². The van der Waals surface area contributed by atoms with Gasteiger partial charge in [-0.1, -0.05) is 48.5 Å². The van der Waals surface area contributed by atoms with E-state index in [1.54, 1.807) is 23.4 Å². The van der Waals surface area contributed by atoms with E-state index in [9.17, 15) is 9.90 Å². The fraction of sp³-hybridized carbons (Fsp3) is 0.167. The fourth-order valence-corrected chi connectivity index (χ4v) is 3.39. The minimum Gasteiger partial charge on any atom is -0.451 e. The molecule has 0 aliphatic heterocycles. The molecule has 146 valence electrons. The molecule has 4 rings (SSSR count). The molecule has 0 radical (unpaired) electrons. The second-order valence-corrected chi connectivity index (χ2v) is 7.07. The first-order valence-corrected chi connectivity index (χ1v) is 9.52. The zero-order valence-electron chi connectivity index (χ0n) is 16.2. The van der Waals surface area contributed by atoms with Crippen LogP contribution in [0.1, 0.15) is 33.3 Å². The smallest absolute Gasteiger partial charge is 0.290 e. The van der Waals surface area contributed by atoms with Gasteiger partial charge in [-0.25, -0.2) is 0 Å². The summed E-state index contributed by atoms with van der Waals surface area (Å²) >= 11 is 0. The summed E-state index contributed by atoms with van der Waals surface area (Å²) in [4.78, 5) is 18.9. The summed E-state index contributed by atoms with van der Waals surface area (Å²) in [7, 11) is 0. The van der Waals surface area contributed by atoms with Crippen molar-refractivity contribution in [2.75, 3.05) is 6.54 Å². The lowest BCUT2D eigenvalue weighted by Gasteiger charge is -2.25. The van der Waals surface area contributed by atoms with Crippen LogP contribution in [0.2, 0.25) is 0 Å². The van der Waals surface area contributed by atoms with Crippen LogP contribution in [0.4, 0.5) is 0 Å². The van der Waals surface area contributed by atoms with Crippen molar-refractivity contribution in [3.05, 3.63) is 102 Å². The molecule has 2 aromatic carbocycles. The SMILES string of the molecule is Cc1cccc2cc(C(=O)N(Cc3ccncc3)CC(O)c3ccccc3)oc12. The molecule has 2 heterocycles. The average molecular weight is 386 g/mol. The molecule has 1 atom stereocenters. The van der Waals surface area contributed by atoms with Crippen LogP contribution in [0, 0.1) is 6.92 Å². The van der Waals surface area contributed by atoms with Crippen molar-refractivity contribution in [2.45, 2.75) is 19.6 Å². The van der Waals surface area contributed by atoms with E-state index in [1.807, 2.05) is 67.6 Å². The zero-order valence-corrected chi connectivity index (χ0v) is 16.2. The van der Waals surface area contributed by atoms with Crippen molar-refractivity contribution >= 4 is 16.9 Å². The van der Waals surface area contributed by atoms with E-state index >= 15 is 0 Å². The zero-order chi connectivity index (χ0) is 20.2. The number of hydrogen-bond donors (Lipinski definition) is 1. The van der Waals surface area contributed by atoms with Crippen molar-refractivity contribution in [3.63, 3.8) is 0 Å². The minimum atomic E-state index is -0.798. The highest BCUT2D eigenvalue weighted by Crippen LogP contribution is 2.25. The largest absolute Gasteiger partial charge is 0.451 e. The normalized spacial score (nSPS) is 12.1. The Kier molecular flexibility index (Phi) is 5.40. The summed E-state index contributed by atoms with van der Waals surface area (Å²) in [5, 5.41) is 11.6. The van der Waals surface area contributed by atoms with E-state index in [1.165, 1.54) is 0 Å². The third-order valence-electron chi connectivity index (χ3n) is 4.94. The molecule has 1 amide bonds. The molecule has 0 saturated heterocycles. The Bertz CT molecular complexity index is 1110. The van der Waals surface area contributed by atoms with Crippen LogP contribution >= 0.6 is 0 Å². The summed E-state index contributed by atoms with van der Waals surface area (Å²) in [5.41, 5.74) is 3.39. The standard InChI is InChI=1S/C24H22N2O3/c1-17-6-5-9-20-14-22(29-23(17)20)24(28)26(15-18-10-12-25-13-11-18)16-21(27)19-7-3-2-4-8-19/h2-14,21,27H,15-16H2,1H3. The van der Waals surface area contributed by atoms with Gasteiger partial charge in [-0.2, -0.15) is 0 Å². The van der Waals surface area contributed by atoms with Crippen LogP contribution in [0.5, 0.6) is 0 Å². The molecular formula is C24H22N2O3. The van der Waals surface area contributed by atoms with Crippen molar-refractivity contribution in [1.82, 2.24) is 9.88 Å². The Morgan fingerprint density at radius 2 is 1.83 bits per heavy atom. The van der Waals surface area contributed by atoms with Crippen molar-refractivity contribution in [3.8, 4) is 0 Å². The first-order valence-electron chi connectivity index (χ1n) is 9.52. The highest BCUT2D eigenvalue weighted by Gasteiger charge is 2.23. The lowest BCUT2D eigenvalue weighted by atomic mass is 10.1. The molecule has 1 N–H and O–H groups in total. The van der Waals surface area contributed by atoms with Crippen LogP contribution in [0.3, 0.4) is 0 Å². The number of benzene rings is 2. The summed E-state index contributed by atoms with van der Waals surface area (Å²) in [5.74, 6) is 0.0102. The average Bonchev–Trinajstić information content (AvgIpc) is 3.20. The molecule has 29 heavy (non-hydrogen) atoms. The van der Waals surface area contributed by atoms with Crippen LogP contribution < -0.4 is 0 Å². The van der Waals surface area contributed by atoms with Crippen LogP contribution in [-0.2, 0) is 6.54 Å². The van der Waals surface area contributed by atoms with Crippen LogP contribution in [0.15, 0.2) is 83.5 Å². The molecule has 0 spiro atoms. The first kappa shape index (κ1) is 18.9. The van der Waals surface area contributed by atoms with Crippen molar-refractivity contribution < 1.29 is 14.3 Å².